The van der Waals surface area contributed by atoms with Crippen LogP contribution in [0.15, 0.2) is 340 Å². The monoisotopic (exact) mass is 1110 g/mol. The lowest BCUT2D eigenvalue weighted by atomic mass is 9.95. The van der Waals surface area contributed by atoms with Gasteiger partial charge in [0.1, 0.15) is 0 Å². The second-order valence-electron chi connectivity index (χ2n) is 22.3. The zero-order valence-electron chi connectivity index (χ0n) is 48.3. The van der Waals surface area contributed by atoms with Gasteiger partial charge < -0.3 is 9.13 Å². The van der Waals surface area contributed by atoms with Crippen LogP contribution in [-0.2, 0) is 0 Å². The third kappa shape index (κ3) is 9.99. The third-order valence-electron chi connectivity index (χ3n) is 17.1. The van der Waals surface area contributed by atoms with Gasteiger partial charge in [-0.05, 0) is 185 Å². The van der Waals surface area contributed by atoms with E-state index < -0.39 is 0 Å². The lowest BCUT2D eigenvalue weighted by Crippen LogP contribution is -2.05. The number of hydrogen-bond acceptors (Lipinski definition) is 0. The van der Waals surface area contributed by atoms with Gasteiger partial charge in [0.05, 0.1) is 22.1 Å². The predicted octanol–water partition coefficient (Wildman–Crippen LogP) is 22.5. The quantitative estimate of drug-likeness (QED) is 0.136. The van der Waals surface area contributed by atoms with Crippen LogP contribution in [0.3, 0.4) is 0 Å². The molecule has 13 aromatic carbocycles. The molecule has 2 heterocycles. The molecule has 0 atom stereocenters. The highest BCUT2D eigenvalue weighted by molar-refractivity contribution is 6.25. The Labute approximate surface area is 507 Å². The molecule has 0 spiro atoms. The van der Waals surface area contributed by atoms with E-state index >= 15 is 0 Å². The predicted molar refractivity (Wildman–Crippen MR) is 373 cm³/mol. The Morgan fingerprint density at radius 1 is 0.230 bits per heavy atom. The van der Waals surface area contributed by atoms with E-state index in [0.29, 0.717) is 0 Å². The van der Waals surface area contributed by atoms with Gasteiger partial charge >= 0.3 is 0 Å². The van der Waals surface area contributed by atoms with Gasteiger partial charge in [-0.15, -0.1) is 0 Å². The van der Waals surface area contributed by atoms with Crippen LogP contribution in [0.25, 0.3) is 149 Å². The van der Waals surface area contributed by atoms with E-state index in [9.17, 15) is 0 Å². The molecule has 0 saturated heterocycles. The SMILES string of the molecule is C/C=C\C=c1/c2cc3cc(-c4ccccc4)ccc3n(-c3cccc(-c4ccccc4)c3)c3ccc(-c4ccccc4)cc3c3cccc(c4cc(-c5ccccc5)ccc4n(-c4cccc(-c5ccccc5)c4)c4ccc(-c5ccccc5)cc14)c23. The van der Waals surface area contributed by atoms with E-state index in [1.165, 1.54) is 0 Å². The van der Waals surface area contributed by atoms with E-state index in [2.05, 4.69) is 362 Å². The van der Waals surface area contributed by atoms with Crippen LogP contribution in [0.1, 0.15) is 6.92 Å². The van der Waals surface area contributed by atoms with E-state index in [1.807, 2.05) is 0 Å². The summed E-state index contributed by atoms with van der Waals surface area (Å²) in [6.45, 7) is 2.12. The number of benzene rings is 13. The summed E-state index contributed by atoms with van der Waals surface area (Å²) in [4.78, 5) is 0. The Morgan fingerprint density at radius 2 is 0.552 bits per heavy atom. The summed E-state index contributed by atoms with van der Waals surface area (Å²) in [5.41, 5.74) is 20.1. The maximum Gasteiger partial charge on any atom is 0.0540 e. The second-order valence-corrected chi connectivity index (χ2v) is 22.3. The van der Waals surface area contributed by atoms with Crippen molar-refractivity contribution >= 4 is 71.2 Å². The van der Waals surface area contributed by atoms with Crippen molar-refractivity contribution in [3.8, 4) is 78.1 Å². The fourth-order valence-electron chi connectivity index (χ4n) is 12.9. The number of fused-ring (bicyclic) bond motifs is 6. The van der Waals surface area contributed by atoms with Crippen LogP contribution in [0.4, 0.5) is 0 Å². The number of hydrogen-bond donors (Lipinski definition) is 0. The normalized spacial score (nSPS) is 11.8. The number of allylic oxidation sites excluding steroid dienone is 2. The van der Waals surface area contributed by atoms with Gasteiger partial charge in [0, 0.05) is 27.5 Å². The van der Waals surface area contributed by atoms with Crippen molar-refractivity contribution in [1.29, 1.82) is 0 Å². The van der Waals surface area contributed by atoms with Crippen LogP contribution < -0.4 is 5.22 Å². The number of rotatable bonds is 9. The molecule has 87 heavy (non-hydrogen) atoms. The highest BCUT2D eigenvalue weighted by atomic mass is 15.0. The minimum atomic E-state index is 1.06. The summed E-state index contributed by atoms with van der Waals surface area (Å²) in [6, 6.07) is 121. The van der Waals surface area contributed by atoms with Gasteiger partial charge in [-0.25, -0.2) is 0 Å². The smallest absolute Gasteiger partial charge is 0.0540 e. The fraction of sp³-hybridized carbons (Fsp3) is 0.0118. The number of nitrogens with zero attached hydrogens (tertiary/aromatic N) is 2. The maximum atomic E-state index is 2.53. The molecular formula is C85H60N2. The van der Waals surface area contributed by atoms with Crippen molar-refractivity contribution in [3.63, 3.8) is 0 Å². The molecule has 0 N–H and O–H groups in total. The molecule has 15 aromatic rings. The van der Waals surface area contributed by atoms with E-state index in [-0.39, 0.29) is 0 Å². The van der Waals surface area contributed by atoms with Gasteiger partial charge in [-0.1, -0.05) is 267 Å². The van der Waals surface area contributed by atoms with Gasteiger partial charge in [0.2, 0.25) is 0 Å². The van der Waals surface area contributed by atoms with Crippen molar-refractivity contribution in [2.24, 2.45) is 0 Å². The van der Waals surface area contributed by atoms with Crippen molar-refractivity contribution in [1.82, 2.24) is 9.13 Å². The van der Waals surface area contributed by atoms with E-state index in [4.69, 9.17) is 0 Å². The minimum Gasteiger partial charge on any atom is -0.309 e. The molecule has 0 unspecified atom stereocenters. The molecule has 2 aromatic heterocycles. The third-order valence-corrected chi connectivity index (χ3v) is 17.1. The molecule has 0 amide bonds. The standard InChI is InChI=1S/C85H60N2/c1-2-3-41-74-77-55-68(62-31-16-7-17-32-62)45-49-82(77)87(73-40-23-38-66(54-73)60-27-12-5-13-28-60)84-51-47-70(64-35-20-9-21-36-64)57-79(84)76-43-24-42-75-78-56-69(63-33-18-8-19-34-63)46-50-83(78)86(72-39-22-37-65(53-72)59-25-10-4-11-26-59)81-48-44-67(61-29-14-6-15-30-61)52-71(81)58-80(74)85(75)76/h2-58H,1H3/b3-2-,74-41-,80-58?. The highest BCUT2D eigenvalue weighted by Crippen LogP contribution is 2.41. The first-order valence-electron chi connectivity index (χ1n) is 30.0. The van der Waals surface area contributed by atoms with Crippen molar-refractivity contribution in [3.05, 3.63) is 345 Å². The Morgan fingerprint density at radius 3 is 0.954 bits per heavy atom. The summed E-state index contributed by atoms with van der Waals surface area (Å²) < 4.78 is 5.04. The van der Waals surface area contributed by atoms with Crippen LogP contribution >= 0.6 is 0 Å². The number of aromatic nitrogens is 2. The zero-order chi connectivity index (χ0) is 58.0. The van der Waals surface area contributed by atoms with Crippen molar-refractivity contribution in [2.75, 3.05) is 0 Å². The Balaban J connectivity index is 1.26. The van der Waals surface area contributed by atoms with E-state index in [1.54, 1.807) is 0 Å². The molecule has 15 rings (SSSR count). The average Bonchev–Trinajstić information content (AvgIpc) is 1.92. The molecule has 0 aliphatic heterocycles. The van der Waals surface area contributed by atoms with E-state index in [0.717, 1.165) is 149 Å². The first-order chi connectivity index (χ1) is 43.1. The lowest BCUT2D eigenvalue weighted by Gasteiger charge is -2.17. The Kier molecular flexibility index (Phi) is 13.9. The van der Waals surface area contributed by atoms with Gasteiger partial charge in [-0.3, -0.25) is 0 Å². The summed E-state index contributed by atoms with van der Waals surface area (Å²) in [5.74, 6) is 0. The largest absolute Gasteiger partial charge is 0.309 e. The molecular weight excluding hydrogens is 1050 g/mol. The van der Waals surface area contributed by atoms with Crippen LogP contribution in [-0.4, -0.2) is 9.13 Å². The average molecular weight is 1110 g/mol. The highest BCUT2D eigenvalue weighted by Gasteiger charge is 2.18. The van der Waals surface area contributed by atoms with Gasteiger partial charge in [0.15, 0.2) is 0 Å². The van der Waals surface area contributed by atoms with Crippen molar-refractivity contribution < 1.29 is 0 Å². The zero-order valence-corrected chi connectivity index (χ0v) is 48.3. The fourth-order valence-corrected chi connectivity index (χ4v) is 12.9. The molecule has 2 nitrogen and oxygen atoms in total. The molecule has 0 radical (unpaired) electrons. The lowest BCUT2D eigenvalue weighted by molar-refractivity contribution is 1.17. The first kappa shape index (κ1) is 52.5. The summed E-state index contributed by atoms with van der Waals surface area (Å²) in [6.07, 6.45) is 6.76. The van der Waals surface area contributed by atoms with Gasteiger partial charge in [0.25, 0.3) is 0 Å². The van der Waals surface area contributed by atoms with Crippen molar-refractivity contribution in [2.45, 2.75) is 6.92 Å². The minimum absolute atomic E-state index is 1.06. The van der Waals surface area contributed by atoms with Gasteiger partial charge in [-0.2, -0.15) is 0 Å². The Bertz CT molecular complexity index is 5220. The first-order valence-corrected chi connectivity index (χ1v) is 30.0. The van der Waals surface area contributed by atoms with Crippen LogP contribution in [0, 0.1) is 0 Å². The topological polar surface area (TPSA) is 9.86 Å². The Hall–Kier alpha value is -11.3. The van der Waals surface area contributed by atoms with Crippen LogP contribution in [0.5, 0.6) is 0 Å². The van der Waals surface area contributed by atoms with Crippen LogP contribution in [0.2, 0.25) is 0 Å². The molecule has 0 aliphatic carbocycles. The molecule has 410 valence electrons. The molecule has 0 fully saturated rings. The molecule has 0 saturated carbocycles. The summed E-state index contributed by atoms with van der Waals surface area (Å²) in [5, 5.41) is 9.96. The molecule has 0 bridgehead atoms. The maximum absolute atomic E-state index is 2.53. The molecule has 2 heteroatoms. The summed E-state index contributed by atoms with van der Waals surface area (Å²) in [7, 11) is 0. The molecule has 0 aliphatic rings. The second kappa shape index (κ2) is 23.0. The summed E-state index contributed by atoms with van der Waals surface area (Å²) >= 11 is 0.